The highest BCUT2D eigenvalue weighted by atomic mass is 16.3. The van der Waals surface area contributed by atoms with E-state index < -0.39 is 0 Å². The summed E-state index contributed by atoms with van der Waals surface area (Å²) in [5.41, 5.74) is 0. The van der Waals surface area contributed by atoms with Crippen LogP contribution in [0.5, 0.6) is 0 Å². The molecule has 0 saturated heterocycles. The monoisotopic (exact) mass is 236 g/mol. The van der Waals surface area contributed by atoms with Crippen LogP contribution in [-0.2, 0) is 0 Å². The Labute approximate surface area is 107 Å². The molecular formula is C16H28O. The molecule has 0 aromatic rings. The van der Waals surface area contributed by atoms with Crippen molar-refractivity contribution < 1.29 is 5.11 Å². The lowest BCUT2D eigenvalue weighted by Crippen LogP contribution is -1.90. The summed E-state index contributed by atoms with van der Waals surface area (Å²) in [7, 11) is 0. The van der Waals surface area contributed by atoms with Crippen molar-refractivity contribution in [2.45, 2.75) is 64.9 Å². The molecule has 1 rings (SSSR count). The number of unbranched alkanes of at least 4 members (excludes halogenated alkanes) is 2. The van der Waals surface area contributed by atoms with Gasteiger partial charge < -0.3 is 5.11 Å². The summed E-state index contributed by atoms with van der Waals surface area (Å²) in [5, 5.41) is 9.02. The molecule has 0 amide bonds. The third kappa shape index (κ3) is 7.38. The Morgan fingerprint density at radius 2 is 1.94 bits per heavy atom. The molecule has 3 atom stereocenters. The third-order valence-electron chi connectivity index (χ3n) is 3.59. The molecule has 98 valence electrons. The van der Waals surface area contributed by atoms with Gasteiger partial charge in [-0.05, 0) is 38.0 Å². The third-order valence-corrected chi connectivity index (χ3v) is 3.59. The minimum absolute atomic E-state index is 0.328. The van der Waals surface area contributed by atoms with Gasteiger partial charge in [-0.2, -0.15) is 0 Å². The molecule has 1 heteroatoms. The van der Waals surface area contributed by atoms with Gasteiger partial charge in [0.2, 0.25) is 0 Å². The lowest BCUT2D eigenvalue weighted by Gasteiger charge is -1.98. The maximum Gasteiger partial charge on any atom is 0.0695 e. The first kappa shape index (κ1) is 14.5. The van der Waals surface area contributed by atoms with Crippen LogP contribution in [-0.4, -0.2) is 11.2 Å². The summed E-state index contributed by atoms with van der Waals surface area (Å²) in [4.78, 5) is 0. The molecule has 1 saturated carbocycles. The Bertz CT molecular complexity index is 240. The van der Waals surface area contributed by atoms with E-state index >= 15 is 0 Å². The molecule has 0 unspecified atom stereocenters. The van der Waals surface area contributed by atoms with Crippen molar-refractivity contribution in [3.05, 3.63) is 24.3 Å². The van der Waals surface area contributed by atoms with Gasteiger partial charge in [0, 0.05) is 0 Å². The van der Waals surface area contributed by atoms with Gasteiger partial charge in [-0.3, -0.25) is 0 Å². The van der Waals surface area contributed by atoms with Crippen LogP contribution in [0.2, 0.25) is 0 Å². The maximum atomic E-state index is 9.02. The van der Waals surface area contributed by atoms with Gasteiger partial charge >= 0.3 is 0 Å². The summed E-state index contributed by atoms with van der Waals surface area (Å²) in [6.45, 7) is 4.05. The van der Waals surface area contributed by atoms with Gasteiger partial charge in [-0.1, -0.05) is 56.9 Å². The topological polar surface area (TPSA) is 20.2 Å². The molecule has 1 aliphatic rings. The SMILES string of the molecule is CCCCC[C@@H]1C[C@H]1CC/C=C\C=C\[C@@H](C)O. The number of allylic oxidation sites excluding steroid dienone is 3. The molecule has 1 nitrogen and oxygen atoms in total. The van der Waals surface area contributed by atoms with E-state index in [1.54, 1.807) is 13.0 Å². The Balaban J connectivity index is 1.95. The molecule has 0 bridgehead atoms. The molecule has 0 spiro atoms. The van der Waals surface area contributed by atoms with Crippen LogP contribution < -0.4 is 0 Å². The van der Waals surface area contributed by atoms with Gasteiger partial charge in [0.05, 0.1) is 6.10 Å². The highest BCUT2D eigenvalue weighted by Crippen LogP contribution is 2.45. The van der Waals surface area contributed by atoms with Gasteiger partial charge in [0.25, 0.3) is 0 Å². The van der Waals surface area contributed by atoms with Gasteiger partial charge in [0.1, 0.15) is 0 Å². The average Bonchev–Trinajstić information content (AvgIpc) is 3.02. The second-order valence-electron chi connectivity index (χ2n) is 5.38. The lowest BCUT2D eigenvalue weighted by molar-refractivity contribution is 0.244. The molecule has 0 aromatic carbocycles. The molecular weight excluding hydrogens is 208 g/mol. The van der Waals surface area contributed by atoms with E-state index in [0.29, 0.717) is 0 Å². The Hall–Kier alpha value is -0.560. The van der Waals surface area contributed by atoms with Crippen molar-refractivity contribution >= 4 is 0 Å². The van der Waals surface area contributed by atoms with Crippen LogP contribution in [0.1, 0.15) is 58.8 Å². The normalized spacial score (nSPS) is 25.8. The first-order valence-corrected chi connectivity index (χ1v) is 7.25. The number of aliphatic hydroxyl groups excluding tert-OH is 1. The van der Waals surface area contributed by atoms with Gasteiger partial charge in [0.15, 0.2) is 0 Å². The molecule has 1 aliphatic carbocycles. The first-order chi connectivity index (χ1) is 8.24. The summed E-state index contributed by atoms with van der Waals surface area (Å²) < 4.78 is 0. The summed E-state index contributed by atoms with van der Waals surface area (Å²) in [5.74, 6) is 2.06. The van der Waals surface area contributed by atoms with E-state index in [1.807, 2.05) is 6.08 Å². The summed E-state index contributed by atoms with van der Waals surface area (Å²) in [6, 6.07) is 0. The van der Waals surface area contributed by atoms with Crippen molar-refractivity contribution in [3.8, 4) is 0 Å². The average molecular weight is 236 g/mol. The number of hydrogen-bond donors (Lipinski definition) is 1. The molecule has 0 aliphatic heterocycles. The number of hydrogen-bond acceptors (Lipinski definition) is 1. The molecule has 0 radical (unpaired) electrons. The molecule has 1 fully saturated rings. The lowest BCUT2D eigenvalue weighted by atomic mass is 10.1. The van der Waals surface area contributed by atoms with Crippen molar-refractivity contribution in [2.75, 3.05) is 0 Å². The Morgan fingerprint density at radius 1 is 1.18 bits per heavy atom. The van der Waals surface area contributed by atoms with Crippen LogP contribution >= 0.6 is 0 Å². The first-order valence-electron chi connectivity index (χ1n) is 7.25. The fraction of sp³-hybridized carbons (Fsp3) is 0.750. The zero-order valence-electron chi connectivity index (χ0n) is 11.4. The Kier molecular flexibility index (Phi) is 7.27. The van der Waals surface area contributed by atoms with E-state index in [2.05, 4.69) is 19.1 Å². The van der Waals surface area contributed by atoms with Gasteiger partial charge in [-0.15, -0.1) is 0 Å². The van der Waals surface area contributed by atoms with Crippen molar-refractivity contribution in [2.24, 2.45) is 11.8 Å². The van der Waals surface area contributed by atoms with Crippen LogP contribution in [0.15, 0.2) is 24.3 Å². The standard InChI is InChI=1S/C16H28O/c1-3-4-7-11-15-13-16(15)12-9-6-5-8-10-14(2)17/h5-6,8,10,14-17H,3-4,7,9,11-13H2,1-2H3/b6-5-,10-8+/t14-,15-,16-/m1/s1. The van der Waals surface area contributed by atoms with Crippen molar-refractivity contribution in [1.82, 2.24) is 0 Å². The molecule has 0 aromatic heterocycles. The second-order valence-corrected chi connectivity index (χ2v) is 5.38. The van der Waals surface area contributed by atoms with E-state index in [0.717, 1.165) is 11.8 Å². The van der Waals surface area contributed by atoms with E-state index in [-0.39, 0.29) is 6.10 Å². The zero-order chi connectivity index (χ0) is 12.5. The highest BCUT2D eigenvalue weighted by molar-refractivity contribution is 5.04. The Morgan fingerprint density at radius 3 is 2.65 bits per heavy atom. The second kappa shape index (κ2) is 8.52. The molecule has 1 N–H and O–H groups in total. The van der Waals surface area contributed by atoms with Crippen LogP contribution in [0, 0.1) is 11.8 Å². The number of rotatable bonds is 9. The minimum atomic E-state index is -0.328. The van der Waals surface area contributed by atoms with Gasteiger partial charge in [-0.25, -0.2) is 0 Å². The summed E-state index contributed by atoms with van der Waals surface area (Å²) >= 11 is 0. The van der Waals surface area contributed by atoms with Crippen LogP contribution in [0.4, 0.5) is 0 Å². The largest absolute Gasteiger partial charge is 0.389 e. The predicted molar refractivity (Wildman–Crippen MR) is 74.9 cm³/mol. The van der Waals surface area contributed by atoms with Crippen LogP contribution in [0.3, 0.4) is 0 Å². The summed E-state index contributed by atoms with van der Waals surface area (Å²) in [6.07, 6.45) is 17.4. The fourth-order valence-electron chi connectivity index (χ4n) is 2.38. The quantitative estimate of drug-likeness (QED) is 0.462. The molecule has 17 heavy (non-hydrogen) atoms. The van der Waals surface area contributed by atoms with E-state index in [9.17, 15) is 0 Å². The molecule has 0 heterocycles. The van der Waals surface area contributed by atoms with E-state index in [4.69, 9.17) is 5.11 Å². The zero-order valence-corrected chi connectivity index (χ0v) is 11.4. The number of aliphatic hydroxyl groups is 1. The highest BCUT2D eigenvalue weighted by Gasteiger charge is 2.34. The van der Waals surface area contributed by atoms with Crippen molar-refractivity contribution in [3.63, 3.8) is 0 Å². The smallest absolute Gasteiger partial charge is 0.0695 e. The van der Waals surface area contributed by atoms with Crippen LogP contribution in [0.25, 0.3) is 0 Å². The minimum Gasteiger partial charge on any atom is -0.389 e. The predicted octanol–water partition coefficient (Wildman–Crippen LogP) is 4.48. The fourth-order valence-corrected chi connectivity index (χ4v) is 2.38. The maximum absolute atomic E-state index is 9.02. The van der Waals surface area contributed by atoms with E-state index in [1.165, 1.54) is 44.9 Å². The van der Waals surface area contributed by atoms with Crippen molar-refractivity contribution in [1.29, 1.82) is 0 Å².